The predicted molar refractivity (Wildman–Crippen MR) is 172 cm³/mol. The Bertz CT molecular complexity index is 1860. The van der Waals surface area contributed by atoms with E-state index >= 15 is 0 Å². The van der Waals surface area contributed by atoms with E-state index in [0.717, 1.165) is 11.3 Å². The molecule has 0 spiro atoms. The lowest BCUT2D eigenvalue weighted by Crippen LogP contribution is -2.16. The number of rotatable bonds is 4. The van der Waals surface area contributed by atoms with Crippen molar-refractivity contribution in [3.63, 3.8) is 0 Å². The number of benzene rings is 4. The summed E-state index contributed by atoms with van der Waals surface area (Å²) in [4.78, 5) is 5.34. The lowest BCUT2D eigenvalue weighted by molar-refractivity contribution is 0.436. The van der Waals surface area contributed by atoms with Crippen LogP contribution in [0.4, 0.5) is 0 Å². The summed E-state index contributed by atoms with van der Waals surface area (Å²) in [7, 11) is 2.28. The molecule has 2 saturated carbocycles. The van der Waals surface area contributed by atoms with Gasteiger partial charge in [0.1, 0.15) is 5.82 Å². The van der Waals surface area contributed by atoms with E-state index < -0.39 is 0 Å². The van der Waals surface area contributed by atoms with Crippen molar-refractivity contribution < 1.29 is 0 Å². The third-order valence-corrected chi connectivity index (χ3v) is 10.1. The average Bonchev–Trinajstić information content (AvgIpc) is 3.57. The van der Waals surface area contributed by atoms with Crippen LogP contribution < -0.4 is 0 Å². The van der Waals surface area contributed by atoms with Gasteiger partial charge in [0.05, 0.1) is 16.7 Å². The first kappa shape index (κ1) is 24.9. The van der Waals surface area contributed by atoms with Crippen molar-refractivity contribution in [3.8, 4) is 17.1 Å². The van der Waals surface area contributed by atoms with Crippen LogP contribution in [0.5, 0.6) is 0 Å². The van der Waals surface area contributed by atoms with Crippen LogP contribution in [0.1, 0.15) is 87.2 Å². The quantitative estimate of drug-likeness (QED) is 0.219. The van der Waals surface area contributed by atoms with Gasteiger partial charge >= 0.3 is 0 Å². The molecule has 0 atom stereocenters. The summed E-state index contributed by atoms with van der Waals surface area (Å²) in [5, 5.41) is 2.87. The van der Waals surface area contributed by atoms with E-state index in [1.54, 1.807) is 11.1 Å². The lowest BCUT2D eigenvalue weighted by Gasteiger charge is -2.32. The van der Waals surface area contributed by atoms with Crippen molar-refractivity contribution in [2.45, 2.75) is 76.0 Å². The van der Waals surface area contributed by atoms with Gasteiger partial charge in [-0.05, 0) is 72.9 Å². The number of imidazole rings is 1. The molecule has 2 aliphatic rings. The summed E-state index contributed by atoms with van der Waals surface area (Å²) in [6, 6.07) is 31.4. The molecule has 0 radical (unpaired) electrons. The second-order valence-electron chi connectivity index (χ2n) is 12.5. The van der Waals surface area contributed by atoms with Crippen molar-refractivity contribution in [1.29, 1.82) is 0 Å². The minimum Gasteiger partial charge on any atom is -0.344 e. The zero-order valence-corrected chi connectivity index (χ0v) is 24.2. The Morgan fingerprint density at radius 2 is 1.27 bits per heavy atom. The standard InChI is InChI=1S/C38H39N3/c1-40-32-23-13-11-21-29(32)36-34(40)25-30(26-15-5-2-6-16-26)37(35(36)27-17-7-3-8-18-27)41-33-24-14-12-22-31(33)39-38(41)28-19-9-4-10-20-28/h4,9-14,19-27H,2-3,5-8,15-18H2,1H3. The number of nitrogens with zero attached hydrogens (tertiary/aromatic N) is 3. The minimum atomic E-state index is 0.556. The van der Waals surface area contributed by atoms with Crippen LogP contribution in [0.2, 0.25) is 0 Å². The molecule has 0 unspecified atom stereocenters. The highest BCUT2D eigenvalue weighted by Crippen LogP contribution is 2.49. The van der Waals surface area contributed by atoms with Crippen LogP contribution in [0, 0.1) is 0 Å². The Labute approximate surface area is 242 Å². The van der Waals surface area contributed by atoms with E-state index in [4.69, 9.17) is 4.98 Å². The molecule has 41 heavy (non-hydrogen) atoms. The molecule has 3 nitrogen and oxygen atoms in total. The van der Waals surface area contributed by atoms with Gasteiger partial charge in [0.2, 0.25) is 0 Å². The second-order valence-corrected chi connectivity index (χ2v) is 12.5. The van der Waals surface area contributed by atoms with Crippen molar-refractivity contribution in [3.05, 3.63) is 96.1 Å². The molecule has 2 heterocycles. The molecule has 4 aromatic carbocycles. The number of para-hydroxylation sites is 3. The lowest BCUT2D eigenvalue weighted by atomic mass is 9.76. The molecular formula is C38H39N3. The molecule has 2 aliphatic carbocycles. The highest BCUT2D eigenvalue weighted by Gasteiger charge is 2.32. The van der Waals surface area contributed by atoms with E-state index in [9.17, 15) is 0 Å². The zero-order valence-electron chi connectivity index (χ0n) is 24.2. The van der Waals surface area contributed by atoms with Gasteiger partial charge in [-0.15, -0.1) is 0 Å². The highest BCUT2D eigenvalue weighted by molar-refractivity contribution is 6.11. The van der Waals surface area contributed by atoms with E-state index in [0.29, 0.717) is 11.8 Å². The third kappa shape index (κ3) is 4.04. The first-order chi connectivity index (χ1) is 20.3. The van der Waals surface area contributed by atoms with Crippen molar-refractivity contribution in [2.75, 3.05) is 0 Å². The number of hydrogen-bond donors (Lipinski definition) is 0. The Hall–Kier alpha value is -3.85. The van der Waals surface area contributed by atoms with Crippen molar-refractivity contribution >= 4 is 32.8 Å². The maximum Gasteiger partial charge on any atom is 0.145 e. The molecule has 0 aliphatic heterocycles. The van der Waals surface area contributed by atoms with Crippen LogP contribution in [0.25, 0.3) is 49.9 Å². The monoisotopic (exact) mass is 537 g/mol. The zero-order chi connectivity index (χ0) is 27.3. The summed E-state index contributed by atoms with van der Waals surface area (Å²) >= 11 is 0. The fraction of sp³-hybridized carbons (Fsp3) is 0.342. The molecule has 2 fully saturated rings. The molecular weight excluding hydrogens is 498 g/mol. The van der Waals surface area contributed by atoms with E-state index in [2.05, 4.69) is 101 Å². The maximum absolute atomic E-state index is 5.34. The Morgan fingerprint density at radius 1 is 0.634 bits per heavy atom. The summed E-state index contributed by atoms with van der Waals surface area (Å²) in [6.07, 6.45) is 13.1. The number of aromatic nitrogens is 3. The molecule has 0 bridgehead atoms. The fourth-order valence-electron chi connectivity index (χ4n) is 8.15. The van der Waals surface area contributed by atoms with Crippen LogP contribution >= 0.6 is 0 Å². The molecule has 0 amide bonds. The average molecular weight is 538 g/mol. The van der Waals surface area contributed by atoms with Gasteiger partial charge in [0.25, 0.3) is 0 Å². The van der Waals surface area contributed by atoms with Crippen LogP contribution in [-0.4, -0.2) is 14.1 Å². The van der Waals surface area contributed by atoms with Gasteiger partial charge in [0.15, 0.2) is 0 Å². The molecule has 0 saturated heterocycles. The first-order valence-electron chi connectivity index (χ1n) is 15.9. The molecule has 0 N–H and O–H groups in total. The van der Waals surface area contributed by atoms with E-state index in [-0.39, 0.29) is 0 Å². The normalized spacial score (nSPS) is 17.2. The minimum absolute atomic E-state index is 0.556. The summed E-state index contributed by atoms with van der Waals surface area (Å²) in [6.45, 7) is 0. The summed E-state index contributed by atoms with van der Waals surface area (Å²) in [5.74, 6) is 2.20. The Morgan fingerprint density at radius 3 is 2.02 bits per heavy atom. The van der Waals surface area contributed by atoms with Crippen molar-refractivity contribution in [2.24, 2.45) is 7.05 Å². The van der Waals surface area contributed by atoms with Crippen LogP contribution in [0.15, 0.2) is 84.9 Å². The van der Waals surface area contributed by atoms with Gasteiger partial charge in [-0.25, -0.2) is 4.98 Å². The number of fused-ring (bicyclic) bond motifs is 4. The van der Waals surface area contributed by atoms with E-state index in [1.165, 1.54) is 103 Å². The first-order valence-corrected chi connectivity index (χ1v) is 15.9. The summed E-state index contributed by atoms with van der Waals surface area (Å²) in [5.41, 5.74) is 10.8. The Balaban J connectivity index is 1.57. The second kappa shape index (κ2) is 10.2. The summed E-state index contributed by atoms with van der Waals surface area (Å²) < 4.78 is 5.05. The largest absolute Gasteiger partial charge is 0.344 e. The smallest absolute Gasteiger partial charge is 0.145 e. The molecule has 6 aromatic rings. The molecule has 206 valence electrons. The van der Waals surface area contributed by atoms with Gasteiger partial charge in [-0.2, -0.15) is 0 Å². The topological polar surface area (TPSA) is 22.8 Å². The van der Waals surface area contributed by atoms with Crippen molar-refractivity contribution in [1.82, 2.24) is 14.1 Å². The number of aryl methyl sites for hydroxylation is 1. The van der Waals surface area contributed by atoms with Gasteiger partial charge in [-0.3, -0.25) is 4.57 Å². The fourth-order valence-corrected chi connectivity index (χ4v) is 8.15. The third-order valence-electron chi connectivity index (χ3n) is 10.1. The molecule has 8 rings (SSSR count). The highest BCUT2D eigenvalue weighted by atomic mass is 15.1. The van der Waals surface area contributed by atoms with Crippen LogP contribution in [-0.2, 0) is 7.05 Å². The Kier molecular flexibility index (Phi) is 6.20. The van der Waals surface area contributed by atoms with E-state index in [1.807, 2.05) is 0 Å². The number of hydrogen-bond acceptors (Lipinski definition) is 1. The van der Waals surface area contributed by atoms with Gasteiger partial charge < -0.3 is 4.57 Å². The molecule has 2 aromatic heterocycles. The van der Waals surface area contributed by atoms with Gasteiger partial charge in [0, 0.05) is 34.4 Å². The van der Waals surface area contributed by atoms with Crippen LogP contribution in [0.3, 0.4) is 0 Å². The predicted octanol–water partition coefficient (Wildman–Crippen LogP) is 10.4. The maximum atomic E-state index is 5.34. The van der Waals surface area contributed by atoms with Gasteiger partial charge in [-0.1, -0.05) is 99.2 Å². The molecule has 3 heteroatoms. The SMILES string of the molecule is Cn1c2ccccc2c2c(C3CCCCC3)c(-n3c(-c4ccccc4)nc4ccccc43)c(C3CCCCC3)cc21.